The molecule has 19 heavy (non-hydrogen) atoms. The van der Waals surface area contributed by atoms with Crippen molar-refractivity contribution in [2.45, 2.75) is 32.5 Å². The van der Waals surface area contributed by atoms with Crippen LogP contribution in [-0.4, -0.2) is 40.9 Å². The van der Waals surface area contributed by atoms with Gasteiger partial charge in [-0.05, 0) is 32.9 Å². The molecule has 1 atom stereocenters. The van der Waals surface area contributed by atoms with Crippen LogP contribution in [0.15, 0.2) is 12.1 Å². The van der Waals surface area contributed by atoms with Crippen LogP contribution in [0.1, 0.15) is 31.1 Å². The third kappa shape index (κ3) is 3.16. The Morgan fingerprint density at radius 3 is 2.84 bits per heavy atom. The maximum absolute atomic E-state index is 11.3. The van der Waals surface area contributed by atoms with Gasteiger partial charge in [-0.2, -0.15) is 0 Å². The van der Waals surface area contributed by atoms with Crippen molar-refractivity contribution in [3.05, 3.63) is 22.8 Å². The largest absolute Gasteiger partial charge is 0.478 e. The lowest BCUT2D eigenvalue weighted by Gasteiger charge is -2.42. The van der Waals surface area contributed by atoms with Gasteiger partial charge in [-0.15, -0.1) is 0 Å². The van der Waals surface area contributed by atoms with E-state index in [0.717, 1.165) is 0 Å². The first-order chi connectivity index (χ1) is 8.78. The lowest BCUT2D eigenvalue weighted by atomic mass is 10.0. The highest BCUT2D eigenvalue weighted by molar-refractivity contribution is 6.29. The van der Waals surface area contributed by atoms with Gasteiger partial charge in [0.2, 0.25) is 0 Å². The molecule has 1 aliphatic heterocycles. The van der Waals surface area contributed by atoms with E-state index in [0.29, 0.717) is 18.9 Å². The molecule has 0 radical (unpaired) electrons. The Kier molecular flexibility index (Phi) is 3.69. The third-order valence-corrected chi connectivity index (χ3v) is 3.15. The van der Waals surface area contributed by atoms with Crippen molar-refractivity contribution in [2.24, 2.45) is 0 Å². The first-order valence-electron chi connectivity index (χ1n) is 6.11. The van der Waals surface area contributed by atoms with Crippen LogP contribution in [0.5, 0.6) is 0 Å². The summed E-state index contributed by atoms with van der Waals surface area (Å²) < 4.78 is 5.81. The summed E-state index contributed by atoms with van der Waals surface area (Å²) in [6.45, 7) is 7.07. The molecule has 1 aromatic heterocycles. The van der Waals surface area contributed by atoms with Crippen molar-refractivity contribution in [1.82, 2.24) is 4.98 Å². The highest BCUT2D eigenvalue weighted by Gasteiger charge is 2.33. The van der Waals surface area contributed by atoms with E-state index in [2.05, 4.69) is 4.98 Å². The molecule has 0 aromatic carbocycles. The molecule has 2 rings (SSSR count). The molecule has 6 heteroatoms. The standard InChI is InChI=1S/C13H17ClN2O3/c1-8-6-16(7-13(2,3)19-8)11-9(12(17)18)4-5-10(14)15-11/h4-5,8H,6-7H2,1-3H3,(H,17,18). The Labute approximate surface area is 117 Å². The van der Waals surface area contributed by atoms with E-state index in [1.54, 1.807) is 0 Å². The second-order valence-corrected chi connectivity index (χ2v) is 5.77. The van der Waals surface area contributed by atoms with Gasteiger partial charge in [-0.3, -0.25) is 0 Å². The SMILES string of the molecule is CC1CN(c2nc(Cl)ccc2C(=O)O)CC(C)(C)O1. The van der Waals surface area contributed by atoms with Crippen LogP contribution in [-0.2, 0) is 4.74 Å². The van der Waals surface area contributed by atoms with Gasteiger partial charge < -0.3 is 14.7 Å². The zero-order valence-electron chi connectivity index (χ0n) is 11.2. The van der Waals surface area contributed by atoms with Crippen molar-refractivity contribution in [3.63, 3.8) is 0 Å². The van der Waals surface area contributed by atoms with Gasteiger partial charge in [0, 0.05) is 13.1 Å². The van der Waals surface area contributed by atoms with Gasteiger partial charge in [0.25, 0.3) is 0 Å². The maximum atomic E-state index is 11.3. The normalized spacial score (nSPS) is 22.3. The van der Waals surface area contributed by atoms with Gasteiger partial charge in [-0.1, -0.05) is 11.6 Å². The fourth-order valence-corrected chi connectivity index (χ4v) is 2.59. The molecule has 104 valence electrons. The van der Waals surface area contributed by atoms with Crippen LogP contribution in [0, 0.1) is 0 Å². The zero-order chi connectivity index (χ0) is 14.2. The number of anilines is 1. The third-order valence-electron chi connectivity index (χ3n) is 2.94. The van der Waals surface area contributed by atoms with E-state index in [1.807, 2.05) is 25.7 Å². The fraction of sp³-hybridized carbons (Fsp3) is 0.538. The molecule has 0 saturated carbocycles. The van der Waals surface area contributed by atoms with E-state index >= 15 is 0 Å². The predicted octanol–water partition coefficient (Wildman–Crippen LogP) is 2.44. The summed E-state index contributed by atoms with van der Waals surface area (Å²) in [5, 5.41) is 9.53. The number of hydrogen-bond donors (Lipinski definition) is 1. The molecule has 0 bridgehead atoms. The zero-order valence-corrected chi connectivity index (χ0v) is 11.9. The van der Waals surface area contributed by atoms with Crippen LogP contribution in [0.2, 0.25) is 5.15 Å². The molecule has 1 N–H and O–H groups in total. The van der Waals surface area contributed by atoms with E-state index in [9.17, 15) is 9.90 Å². The number of morpholine rings is 1. The molecule has 1 unspecified atom stereocenters. The minimum absolute atomic E-state index is 0.00572. The van der Waals surface area contributed by atoms with Crippen LogP contribution in [0.25, 0.3) is 0 Å². The molecule has 2 heterocycles. The summed E-state index contributed by atoms with van der Waals surface area (Å²) >= 11 is 5.89. The van der Waals surface area contributed by atoms with Gasteiger partial charge in [0.1, 0.15) is 16.5 Å². The lowest BCUT2D eigenvalue weighted by molar-refractivity contribution is -0.0752. The van der Waals surface area contributed by atoms with Crippen LogP contribution >= 0.6 is 11.6 Å². The maximum Gasteiger partial charge on any atom is 0.339 e. The number of carboxylic acids is 1. The Bertz CT molecular complexity index is 505. The average Bonchev–Trinajstić information content (AvgIpc) is 2.25. The quantitative estimate of drug-likeness (QED) is 0.845. The average molecular weight is 285 g/mol. The van der Waals surface area contributed by atoms with Gasteiger partial charge >= 0.3 is 5.97 Å². The Balaban J connectivity index is 2.40. The molecule has 5 nitrogen and oxygen atoms in total. The Morgan fingerprint density at radius 1 is 1.58 bits per heavy atom. The number of rotatable bonds is 2. The monoisotopic (exact) mass is 284 g/mol. The van der Waals surface area contributed by atoms with E-state index in [-0.39, 0.29) is 22.4 Å². The van der Waals surface area contributed by atoms with Crippen molar-refractivity contribution < 1.29 is 14.6 Å². The summed E-state index contributed by atoms with van der Waals surface area (Å²) in [6, 6.07) is 2.98. The fourth-order valence-electron chi connectivity index (χ4n) is 2.45. The number of aromatic carboxylic acids is 1. The van der Waals surface area contributed by atoms with Crippen LogP contribution < -0.4 is 4.90 Å². The summed E-state index contributed by atoms with van der Waals surface area (Å²) in [5.41, 5.74) is -0.188. The van der Waals surface area contributed by atoms with Crippen LogP contribution in [0.4, 0.5) is 5.82 Å². The number of carboxylic acid groups (broad SMARTS) is 1. The molecule has 0 spiro atoms. The summed E-state index contributed by atoms with van der Waals surface area (Å²) in [4.78, 5) is 17.4. The number of nitrogens with zero attached hydrogens (tertiary/aromatic N) is 2. The van der Waals surface area contributed by atoms with Crippen molar-refractivity contribution >= 4 is 23.4 Å². The number of halogens is 1. The summed E-state index contributed by atoms with van der Waals surface area (Å²) in [6.07, 6.45) is 0.00572. The van der Waals surface area contributed by atoms with Gasteiger partial charge in [0.15, 0.2) is 0 Å². The highest BCUT2D eigenvalue weighted by Crippen LogP contribution is 2.28. The number of hydrogen-bond acceptors (Lipinski definition) is 4. The molecule has 1 aliphatic rings. The number of pyridine rings is 1. The predicted molar refractivity (Wildman–Crippen MR) is 73.0 cm³/mol. The lowest BCUT2D eigenvalue weighted by Crippen LogP contribution is -2.52. The second-order valence-electron chi connectivity index (χ2n) is 5.38. The van der Waals surface area contributed by atoms with E-state index < -0.39 is 5.97 Å². The number of ether oxygens (including phenoxy) is 1. The topological polar surface area (TPSA) is 62.7 Å². The van der Waals surface area contributed by atoms with E-state index in [1.165, 1.54) is 12.1 Å². The summed E-state index contributed by atoms with van der Waals surface area (Å²) in [5.74, 6) is -0.598. The molecule has 0 amide bonds. The van der Waals surface area contributed by atoms with Crippen molar-refractivity contribution in [3.8, 4) is 0 Å². The van der Waals surface area contributed by atoms with Crippen LogP contribution in [0.3, 0.4) is 0 Å². The van der Waals surface area contributed by atoms with Gasteiger partial charge in [0.05, 0.1) is 11.7 Å². The molecule has 1 aromatic rings. The minimum atomic E-state index is -1.00. The highest BCUT2D eigenvalue weighted by atomic mass is 35.5. The van der Waals surface area contributed by atoms with Gasteiger partial charge in [-0.25, -0.2) is 9.78 Å². The second kappa shape index (κ2) is 4.98. The molecular weight excluding hydrogens is 268 g/mol. The molecule has 1 fully saturated rings. The number of aromatic nitrogens is 1. The smallest absolute Gasteiger partial charge is 0.339 e. The first kappa shape index (κ1) is 14.1. The van der Waals surface area contributed by atoms with E-state index in [4.69, 9.17) is 16.3 Å². The van der Waals surface area contributed by atoms with Crippen molar-refractivity contribution in [2.75, 3.05) is 18.0 Å². The molecule has 1 saturated heterocycles. The van der Waals surface area contributed by atoms with Crippen molar-refractivity contribution in [1.29, 1.82) is 0 Å². The number of carbonyl (C=O) groups is 1. The Morgan fingerprint density at radius 2 is 2.26 bits per heavy atom. The molecule has 0 aliphatic carbocycles. The summed E-state index contributed by atoms with van der Waals surface area (Å²) in [7, 11) is 0. The molecular formula is C13H17ClN2O3. The first-order valence-corrected chi connectivity index (χ1v) is 6.49. The Hall–Kier alpha value is -1.33. The minimum Gasteiger partial charge on any atom is -0.478 e.